The van der Waals surface area contributed by atoms with Crippen LogP contribution in [0.1, 0.15) is 15.9 Å². The number of sulfonamides is 1. The summed E-state index contributed by atoms with van der Waals surface area (Å²) in [4.78, 5) is 24.1. The first-order chi connectivity index (χ1) is 14.7. The highest BCUT2D eigenvalue weighted by Crippen LogP contribution is 2.21. The van der Waals surface area contributed by atoms with Gasteiger partial charge < -0.3 is 4.90 Å². The topological polar surface area (TPSA) is 110 Å². The van der Waals surface area contributed by atoms with Crippen molar-refractivity contribution in [2.75, 3.05) is 11.8 Å². The molecular weight excluding hydrogens is 442 g/mol. The smallest absolute Gasteiger partial charge is 0.270 e. The minimum Gasteiger partial charge on any atom is -0.337 e. The Kier molecular flexibility index (Phi) is 6.57. The van der Waals surface area contributed by atoms with Gasteiger partial charge in [0.25, 0.3) is 21.6 Å². The summed E-state index contributed by atoms with van der Waals surface area (Å²) in [5, 5.41) is 11.5. The molecule has 0 heterocycles. The average Bonchev–Trinajstić information content (AvgIpc) is 2.73. The first kappa shape index (κ1) is 22.3. The van der Waals surface area contributed by atoms with E-state index < -0.39 is 14.9 Å². The van der Waals surface area contributed by atoms with Crippen LogP contribution in [0.15, 0.2) is 77.7 Å². The molecule has 0 unspecified atom stereocenters. The van der Waals surface area contributed by atoms with Gasteiger partial charge >= 0.3 is 0 Å². The maximum absolute atomic E-state index is 12.6. The van der Waals surface area contributed by atoms with E-state index in [-0.39, 0.29) is 22.2 Å². The normalized spacial score (nSPS) is 11.0. The average molecular weight is 460 g/mol. The molecule has 0 fully saturated rings. The number of nitrogens with zero attached hydrogens (tertiary/aromatic N) is 2. The maximum Gasteiger partial charge on any atom is 0.270 e. The quantitative estimate of drug-likeness (QED) is 0.418. The number of nitro benzene ring substituents is 1. The van der Waals surface area contributed by atoms with E-state index in [1.165, 1.54) is 47.4 Å². The summed E-state index contributed by atoms with van der Waals surface area (Å²) < 4.78 is 27.4. The second kappa shape index (κ2) is 9.15. The fraction of sp³-hybridized carbons (Fsp3) is 0.0952. The molecule has 1 N–H and O–H groups in total. The van der Waals surface area contributed by atoms with Crippen molar-refractivity contribution < 1.29 is 18.1 Å². The minimum absolute atomic E-state index is 0.223. The van der Waals surface area contributed by atoms with E-state index in [1.54, 1.807) is 25.2 Å². The van der Waals surface area contributed by atoms with Gasteiger partial charge in [-0.1, -0.05) is 29.8 Å². The number of rotatable bonds is 7. The molecule has 8 nitrogen and oxygen atoms in total. The van der Waals surface area contributed by atoms with Crippen LogP contribution in [0.5, 0.6) is 0 Å². The molecule has 0 aliphatic heterocycles. The molecule has 0 radical (unpaired) electrons. The number of non-ortho nitro benzene ring substituents is 1. The Morgan fingerprint density at radius 3 is 2.39 bits per heavy atom. The third-order valence-corrected chi connectivity index (χ3v) is 5.99. The van der Waals surface area contributed by atoms with Crippen LogP contribution in [0.2, 0.25) is 5.02 Å². The number of carbonyl (C=O) groups excluding carboxylic acids is 1. The van der Waals surface area contributed by atoms with Crippen molar-refractivity contribution in [1.29, 1.82) is 0 Å². The molecule has 3 rings (SSSR count). The van der Waals surface area contributed by atoms with Crippen LogP contribution in [0.3, 0.4) is 0 Å². The monoisotopic (exact) mass is 459 g/mol. The lowest BCUT2D eigenvalue weighted by molar-refractivity contribution is -0.385. The molecule has 31 heavy (non-hydrogen) atoms. The van der Waals surface area contributed by atoms with Gasteiger partial charge in [0.15, 0.2) is 0 Å². The molecule has 0 bridgehead atoms. The predicted octanol–water partition coefficient (Wildman–Crippen LogP) is 4.32. The number of amides is 1. The number of halogens is 1. The second-order valence-corrected chi connectivity index (χ2v) is 8.85. The van der Waals surface area contributed by atoms with Crippen molar-refractivity contribution in [2.24, 2.45) is 0 Å². The van der Waals surface area contributed by atoms with Gasteiger partial charge in [-0.25, -0.2) is 8.42 Å². The number of nitro groups is 1. The fourth-order valence-corrected chi connectivity index (χ4v) is 4.17. The molecule has 3 aromatic rings. The molecule has 0 aromatic heterocycles. The van der Waals surface area contributed by atoms with Crippen LogP contribution in [0.25, 0.3) is 0 Å². The fourth-order valence-electron chi connectivity index (χ4n) is 2.86. The summed E-state index contributed by atoms with van der Waals surface area (Å²) in [6.07, 6.45) is 0. The number of carbonyl (C=O) groups is 1. The Morgan fingerprint density at radius 1 is 1.06 bits per heavy atom. The molecule has 1 amide bonds. The van der Waals surface area contributed by atoms with Crippen LogP contribution >= 0.6 is 11.6 Å². The Bertz CT molecular complexity index is 1230. The zero-order valence-corrected chi connectivity index (χ0v) is 17.9. The number of hydrogen-bond donors (Lipinski definition) is 1. The number of benzene rings is 3. The van der Waals surface area contributed by atoms with Crippen LogP contribution in [0.4, 0.5) is 11.4 Å². The summed E-state index contributed by atoms with van der Waals surface area (Å²) in [6.45, 7) is 0.362. The SMILES string of the molecule is CN(Cc1cccc(Cl)c1)C(=O)c1ccc(NS(=O)(=O)c2cccc([N+](=O)[O-])c2)cc1. The second-order valence-electron chi connectivity index (χ2n) is 6.73. The molecule has 0 aliphatic rings. The Labute approximate surface area is 184 Å². The molecule has 3 aromatic carbocycles. The number of hydrogen-bond acceptors (Lipinski definition) is 5. The number of anilines is 1. The first-order valence-corrected chi connectivity index (χ1v) is 10.9. The third-order valence-electron chi connectivity index (χ3n) is 4.38. The third kappa shape index (κ3) is 5.59. The molecule has 0 saturated heterocycles. The summed E-state index contributed by atoms with van der Waals surface area (Å²) in [5.74, 6) is -0.243. The predicted molar refractivity (Wildman–Crippen MR) is 118 cm³/mol. The standard InChI is InChI=1S/C21H18ClN3O5S/c1-24(14-15-4-2-5-17(22)12-15)21(26)16-8-10-18(11-9-16)23-31(29,30)20-7-3-6-19(13-20)25(27)28/h2-13,23H,14H2,1H3. The number of nitrogens with one attached hydrogen (secondary N) is 1. The lowest BCUT2D eigenvalue weighted by Crippen LogP contribution is -2.26. The van der Waals surface area contributed by atoms with E-state index in [1.807, 2.05) is 6.07 Å². The van der Waals surface area contributed by atoms with E-state index >= 15 is 0 Å². The molecule has 10 heteroatoms. The summed E-state index contributed by atoms with van der Waals surface area (Å²) in [5.41, 5.74) is 1.15. The van der Waals surface area contributed by atoms with Gasteiger partial charge in [0, 0.05) is 42.0 Å². The van der Waals surface area contributed by atoms with Gasteiger partial charge in [0.1, 0.15) is 0 Å². The van der Waals surface area contributed by atoms with Gasteiger partial charge in [0.05, 0.1) is 9.82 Å². The summed E-state index contributed by atoms with van der Waals surface area (Å²) in [7, 11) is -2.37. The summed E-state index contributed by atoms with van der Waals surface area (Å²) in [6, 6.07) is 17.8. The Balaban J connectivity index is 1.71. The van der Waals surface area contributed by atoms with Gasteiger partial charge in [-0.05, 0) is 48.0 Å². The van der Waals surface area contributed by atoms with Crippen LogP contribution < -0.4 is 4.72 Å². The zero-order chi connectivity index (χ0) is 22.6. The van der Waals surface area contributed by atoms with E-state index in [2.05, 4.69) is 4.72 Å². The van der Waals surface area contributed by atoms with Crippen LogP contribution in [-0.4, -0.2) is 31.2 Å². The Hall–Kier alpha value is -3.43. The van der Waals surface area contributed by atoms with Crippen LogP contribution in [-0.2, 0) is 16.6 Å². The highest BCUT2D eigenvalue weighted by atomic mass is 35.5. The lowest BCUT2D eigenvalue weighted by Gasteiger charge is -2.18. The molecule has 160 valence electrons. The molecule has 0 spiro atoms. The van der Waals surface area contributed by atoms with E-state index in [4.69, 9.17) is 11.6 Å². The van der Waals surface area contributed by atoms with Gasteiger partial charge in [-0.15, -0.1) is 0 Å². The minimum atomic E-state index is -4.03. The lowest BCUT2D eigenvalue weighted by atomic mass is 10.1. The first-order valence-electron chi connectivity index (χ1n) is 9.03. The van der Waals surface area contributed by atoms with Crippen molar-refractivity contribution in [2.45, 2.75) is 11.4 Å². The zero-order valence-electron chi connectivity index (χ0n) is 16.4. The van der Waals surface area contributed by atoms with E-state index in [9.17, 15) is 23.3 Å². The van der Waals surface area contributed by atoms with E-state index in [0.717, 1.165) is 11.6 Å². The Morgan fingerprint density at radius 2 is 1.74 bits per heavy atom. The van der Waals surface area contributed by atoms with Gasteiger partial charge in [-0.3, -0.25) is 19.6 Å². The van der Waals surface area contributed by atoms with Crippen molar-refractivity contribution in [3.8, 4) is 0 Å². The van der Waals surface area contributed by atoms with Gasteiger partial charge in [-0.2, -0.15) is 0 Å². The largest absolute Gasteiger partial charge is 0.337 e. The summed E-state index contributed by atoms with van der Waals surface area (Å²) >= 11 is 5.97. The highest BCUT2D eigenvalue weighted by molar-refractivity contribution is 7.92. The van der Waals surface area contributed by atoms with Crippen molar-refractivity contribution in [1.82, 2.24) is 4.90 Å². The molecule has 0 atom stereocenters. The highest BCUT2D eigenvalue weighted by Gasteiger charge is 2.18. The molecular formula is C21H18ClN3O5S. The molecule has 0 saturated carbocycles. The van der Waals surface area contributed by atoms with Crippen LogP contribution in [0, 0.1) is 10.1 Å². The van der Waals surface area contributed by atoms with Gasteiger partial charge in [0.2, 0.25) is 0 Å². The van der Waals surface area contributed by atoms with Crippen molar-refractivity contribution in [3.63, 3.8) is 0 Å². The van der Waals surface area contributed by atoms with E-state index in [0.29, 0.717) is 17.1 Å². The molecule has 0 aliphatic carbocycles. The maximum atomic E-state index is 12.6. The van der Waals surface area contributed by atoms with Crippen molar-refractivity contribution >= 4 is 38.9 Å². The van der Waals surface area contributed by atoms with Crippen molar-refractivity contribution in [3.05, 3.63) is 99.1 Å².